The number of fused-ring (bicyclic) bond motifs is 1. The van der Waals surface area contributed by atoms with Gasteiger partial charge in [-0.1, -0.05) is 42.5 Å². The van der Waals surface area contributed by atoms with Gasteiger partial charge in [0.1, 0.15) is 5.76 Å². The Hall–Kier alpha value is -3.15. The first kappa shape index (κ1) is 17.7. The minimum absolute atomic E-state index is 0.0811. The molecule has 0 fully saturated rings. The first-order chi connectivity index (χ1) is 12.5. The van der Waals surface area contributed by atoms with Crippen molar-refractivity contribution in [1.29, 1.82) is 0 Å². The van der Waals surface area contributed by atoms with E-state index in [9.17, 15) is 9.59 Å². The van der Waals surface area contributed by atoms with Gasteiger partial charge in [-0.2, -0.15) is 0 Å². The maximum Gasteiger partial charge on any atom is 0.239 e. The van der Waals surface area contributed by atoms with Gasteiger partial charge in [0.05, 0.1) is 25.2 Å². The molecule has 6 nitrogen and oxygen atoms in total. The first-order valence-electron chi connectivity index (χ1n) is 8.46. The summed E-state index contributed by atoms with van der Waals surface area (Å²) in [5.41, 5.74) is 1.74. The van der Waals surface area contributed by atoms with Crippen molar-refractivity contribution in [2.45, 2.75) is 26.8 Å². The molecule has 0 aliphatic carbocycles. The summed E-state index contributed by atoms with van der Waals surface area (Å²) in [4.78, 5) is 28.2. The number of hydrogen-bond donors (Lipinski definition) is 2. The standard InChI is InChI=1S/C20H21N3O3/c1-13-14(2)26-20(23-13)12-22-19(25)11-21-18(24)10-16-8-5-7-15-6-3-4-9-17(15)16/h3-9H,10-12H2,1-2H3,(H,21,24)(H,22,25). The lowest BCUT2D eigenvalue weighted by Gasteiger charge is -2.08. The lowest BCUT2D eigenvalue weighted by molar-refractivity contribution is -0.125. The van der Waals surface area contributed by atoms with E-state index in [1.54, 1.807) is 0 Å². The van der Waals surface area contributed by atoms with Gasteiger partial charge in [-0.3, -0.25) is 9.59 Å². The van der Waals surface area contributed by atoms with E-state index >= 15 is 0 Å². The van der Waals surface area contributed by atoms with E-state index in [1.807, 2.05) is 56.3 Å². The van der Waals surface area contributed by atoms with Crippen LogP contribution in [-0.4, -0.2) is 23.3 Å². The molecule has 1 aromatic heterocycles. The third kappa shape index (κ3) is 4.27. The third-order valence-corrected chi connectivity index (χ3v) is 4.19. The van der Waals surface area contributed by atoms with Crippen molar-refractivity contribution in [2.75, 3.05) is 6.54 Å². The normalized spacial score (nSPS) is 10.7. The Bertz CT molecular complexity index is 922. The molecule has 6 heteroatoms. The van der Waals surface area contributed by atoms with Crippen LogP contribution in [0.15, 0.2) is 46.9 Å². The predicted molar refractivity (Wildman–Crippen MR) is 98.5 cm³/mol. The number of nitrogens with zero attached hydrogens (tertiary/aromatic N) is 1. The number of oxazole rings is 1. The Labute approximate surface area is 151 Å². The number of aryl methyl sites for hydroxylation is 2. The van der Waals surface area contributed by atoms with E-state index in [1.165, 1.54) is 0 Å². The van der Waals surface area contributed by atoms with E-state index in [0.29, 0.717) is 5.89 Å². The van der Waals surface area contributed by atoms with E-state index in [0.717, 1.165) is 27.8 Å². The molecule has 0 spiro atoms. The topological polar surface area (TPSA) is 84.2 Å². The largest absolute Gasteiger partial charge is 0.444 e. The van der Waals surface area contributed by atoms with Gasteiger partial charge in [0.15, 0.2) is 0 Å². The number of aromatic nitrogens is 1. The zero-order valence-corrected chi connectivity index (χ0v) is 14.8. The maximum absolute atomic E-state index is 12.2. The molecule has 0 saturated carbocycles. The minimum Gasteiger partial charge on any atom is -0.444 e. The average molecular weight is 351 g/mol. The second kappa shape index (κ2) is 7.82. The maximum atomic E-state index is 12.2. The predicted octanol–water partition coefficient (Wildman–Crippen LogP) is 2.42. The second-order valence-electron chi connectivity index (χ2n) is 6.12. The molecule has 0 saturated heterocycles. The van der Waals surface area contributed by atoms with Crippen LogP contribution in [0.3, 0.4) is 0 Å². The van der Waals surface area contributed by atoms with Crippen LogP contribution in [0.1, 0.15) is 22.9 Å². The molecule has 0 atom stereocenters. The monoisotopic (exact) mass is 351 g/mol. The number of hydrogen-bond acceptors (Lipinski definition) is 4. The molecule has 2 aromatic carbocycles. The van der Waals surface area contributed by atoms with Crippen LogP contribution in [-0.2, 0) is 22.6 Å². The van der Waals surface area contributed by atoms with Crippen LogP contribution in [0.25, 0.3) is 10.8 Å². The van der Waals surface area contributed by atoms with Crippen LogP contribution in [0.4, 0.5) is 0 Å². The van der Waals surface area contributed by atoms with Crippen molar-refractivity contribution in [3.8, 4) is 0 Å². The molecule has 0 aliphatic heterocycles. The highest BCUT2D eigenvalue weighted by Gasteiger charge is 2.10. The summed E-state index contributed by atoms with van der Waals surface area (Å²) in [6.45, 7) is 3.79. The number of rotatable bonds is 6. The van der Waals surface area contributed by atoms with Crippen molar-refractivity contribution in [2.24, 2.45) is 0 Å². The number of nitrogens with one attached hydrogen (secondary N) is 2. The molecule has 26 heavy (non-hydrogen) atoms. The van der Waals surface area contributed by atoms with E-state index in [4.69, 9.17) is 4.42 Å². The molecule has 0 unspecified atom stereocenters. The Balaban J connectivity index is 1.49. The lowest BCUT2D eigenvalue weighted by Crippen LogP contribution is -2.37. The van der Waals surface area contributed by atoms with Gasteiger partial charge >= 0.3 is 0 Å². The van der Waals surface area contributed by atoms with E-state index in [-0.39, 0.29) is 31.3 Å². The van der Waals surface area contributed by atoms with Crippen LogP contribution >= 0.6 is 0 Å². The van der Waals surface area contributed by atoms with Gasteiger partial charge in [0.25, 0.3) is 0 Å². The van der Waals surface area contributed by atoms with E-state index in [2.05, 4.69) is 15.6 Å². The molecule has 134 valence electrons. The fourth-order valence-corrected chi connectivity index (χ4v) is 2.71. The number of amides is 2. The highest BCUT2D eigenvalue weighted by Crippen LogP contribution is 2.18. The number of carbonyl (C=O) groups excluding carboxylic acids is 2. The summed E-state index contributed by atoms with van der Waals surface area (Å²) < 4.78 is 5.40. The quantitative estimate of drug-likeness (QED) is 0.714. The molecule has 3 rings (SSSR count). The number of carbonyl (C=O) groups is 2. The highest BCUT2D eigenvalue weighted by atomic mass is 16.4. The van der Waals surface area contributed by atoms with Crippen molar-refractivity contribution >= 4 is 22.6 Å². The molecule has 2 N–H and O–H groups in total. The molecule has 3 aromatic rings. The van der Waals surface area contributed by atoms with Gasteiger partial charge in [0, 0.05) is 0 Å². The fourth-order valence-electron chi connectivity index (χ4n) is 2.71. The summed E-state index contributed by atoms with van der Waals surface area (Å²) >= 11 is 0. The van der Waals surface area contributed by atoms with Crippen molar-refractivity contribution < 1.29 is 14.0 Å². The van der Waals surface area contributed by atoms with Gasteiger partial charge < -0.3 is 15.1 Å². The minimum atomic E-state index is -0.287. The van der Waals surface area contributed by atoms with Gasteiger partial charge in [-0.15, -0.1) is 0 Å². The molecule has 0 bridgehead atoms. The molecule has 0 aliphatic rings. The highest BCUT2D eigenvalue weighted by molar-refractivity contribution is 5.91. The van der Waals surface area contributed by atoms with Gasteiger partial charge in [-0.05, 0) is 30.2 Å². The molecular formula is C20H21N3O3. The zero-order chi connectivity index (χ0) is 18.5. The lowest BCUT2D eigenvalue weighted by atomic mass is 10.0. The van der Waals surface area contributed by atoms with Crippen LogP contribution in [0, 0.1) is 13.8 Å². The SMILES string of the molecule is Cc1nc(CNC(=O)CNC(=O)Cc2cccc3ccccc23)oc1C. The van der Waals surface area contributed by atoms with Crippen molar-refractivity contribution in [3.63, 3.8) is 0 Å². The Morgan fingerprint density at radius 1 is 1.00 bits per heavy atom. The Kier molecular flexibility index (Phi) is 5.31. The van der Waals surface area contributed by atoms with Crippen molar-refractivity contribution in [1.82, 2.24) is 15.6 Å². The average Bonchev–Trinajstić information content (AvgIpc) is 2.96. The molecular weight excluding hydrogens is 330 g/mol. The van der Waals surface area contributed by atoms with E-state index < -0.39 is 0 Å². The smallest absolute Gasteiger partial charge is 0.239 e. The van der Waals surface area contributed by atoms with Gasteiger partial charge in [-0.25, -0.2) is 4.98 Å². The summed E-state index contributed by atoms with van der Waals surface area (Å²) in [6.07, 6.45) is 0.229. The second-order valence-corrected chi connectivity index (χ2v) is 6.12. The van der Waals surface area contributed by atoms with Crippen molar-refractivity contribution in [3.05, 3.63) is 65.4 Å². The summed E-state index contributed by atoms with van der Waals surface area (Å²) in [5, 5.41) is 7.46. The van der Waals surface area contributed by atoms with Crippen LogP contribution in [0.5, 0.6) is 0 Å². The summed E-state index contributed by atoms with van der Waals surface area (Å²) in [5.74, 6) is 0.706. The third-order valence-electron chi connectivity index (χ3n) is 4.19. The van der Waals surface area contributed by atoms with Crippen LogP contribution in [0.2, 0.25) is 0 Å². The summed E-state index contributed by atoms with van der Waals surface area (Å²) in [7, 11) is 0. The Morgan fingerprint density at radius 2 is 1.77 bits per heavy atom. The van der Waals surface area contributed by atoms with Crippen LogP contribution < -0.4 is 10.6 Å². The molecule has 2 amide bonds. The zero-order valence-electron chi connectivity index (χ0n) is 14.8. The molecule has 1 heterocycles. The van der Waals surface area contributed by atoms with Gasteiger partial charge in [0.2, 0.25) is 17.7 Å². The number of benzene rings is 2. The first-order valence-corrected chi connectivity index (χ1v) is 8.46. The molecule has 0 radical (unpaired) electrons. The Morgan fingerprint density at radius 3 is 2.54 bits per heavy atom. The fraction of sp³-hybridized carbons (Fsp3) is 0.250. The summed E-state index contributed by atoms with van der Waals surface area (Å²) in [6, 6.07) is 13.8.